The van der Waals surface area contributed by atoms with Gasteiger partial charge in [0, 0.05) is 0 Å². The molecule has 0 bridgehead atoms. The van der Waals surface area contributed by atoms with Crippen LogP contribution in [0.15, 0.2) is 59.8 Å². The van der Waals surface area contributed by atoms with Gasteiger partial charge in [0.25, 0.3) is 0 Å². The van der Waals surface area contributed by atoms with Gasteiger partial charge in [0.05, 0.1) is 13.1 Å². The molecule has 6 nitrogen and oxygen atoms in total. The van der Waals surface area contributed by atoms with Crippen molar-refractivity contribution in [2.45, 2.75) is 42.8 Å². The summed E-state index contributed by atoms with van der Waals surface area (Å²) in [5.74, 6) is 0.0204. The fourth-order valence-corrected chi connectivity index (χ4v) is 4.80. The molecule has 2 aromatic carbocycles. The maximum Gasteiger partial charge on any atom is 0.235 e. The number of rotatable bonds is 8. The predicted molar refractivity (Wildman–Crippen MR) is 119 cm³/mol. The average molecular weight is 440 g/mol. The molecule has 1 aromatic heterocycles. The molecule has 1 amide bonds. The Balaban J connectivity index is 1.63. The molecule has 0 aliphatic carbocycles. The standard InChI is InChI=1S/C23H26FN5OS/c24-19-11-9-18(10-12-19)21(22(25)30)31-23-27-26-20(16-28-13-5-2-6-14-28)29(23)15-17-7-3-1-4-8-17/h1,3-4,7-12,21H,2,5-6,13-16H2,(H2,25,30). The normalized spacial score (nSPS) is 15.6. The Hall–Kier alpha value is -2.71. The van der Waals surface area contributed by atoms with Crippen LogP contribution in [0.1, 0.15) is 41.5 Å². The lowest BCUT2D eigenvalue weighted by Gasteiger charge is -2.26. The van der Waals surface area contributed by atoms with Gasteiger partial charge in [-0.15, -0.1) is 10.2 Å². The van der Waals surface area contributed by atoms with Crippen LogP contribution in [-0.4, -0.2) is 38.7 Å². The SMILES string of the molecule is NC(=O)C(Sc1nnc(CN2CCCCC2)n1Cc1ccccc1)c1ccc(F)cc1. The van der Waals surface area contributed by atoms with Crippen LogP contribution in [-0.2, 0) is 17.9 Å². The van der Waals surface area contributed by atoms with E-state index < -0.39 is 11.2 Å². The number of likely N-dealkylation sites (tertiary alicyclic amines) is 1. The lowest BCUT2D eigenvalue weighted by molar-refractivity contribution is -0.117. The van der Waals surface area contributed by atoms with Gasteiger partial charge in [-0.2, -0.15) is 0 Å². The van der Waals surface area contributed by atoms with E-state index in [-0.39, 0.29) is 5.82 Å². The van der Waals surface area contributed by atoms with Gasteiger partial charge in [-0.1, -0.05) is 60.6 Å². The van der Waals surface area contributed by atoms with Crippen LogP contribution in [0.3, 0.4) is 0 Å². The van der Waals surface area contributed by atoms with Crippen LogP contribution in [0, 0.1) is 5.82 Å². The zero-order valence-corrected chi connectivity index (χ0v) is 18.1. The number of hydrogen-bond donors (Lipinski definition) is 1. The third kappa shape index (κ3) is 5.51. The molecule has 1 aliphatic heterocycles. The molecular weight excluding hydrogens is 413 g/mol. The highest BCUT2D eigenvalue weighted by Crippen LogP contribution is 2.35. The summed E-state index contributed by atoms with van der Waals surface area (Å²) < 4.78 is 15.4. The lowest BCUT2D eigenvalue weighted by atomic mass is 10.1. The van der Waals surface area contributed by atoms with Gasteiger partial charge in [-0.05, 0) is 49.2 Å². The number of nitrogens with zero attached hydrogens (tertiary/aromatic N) is 4. The van der Waals surface area contributed by atoms with Gasteiger partial charge in [-0.3, -0.25) is 9.69 Å². The maximum absolute atomic E-state index is 13.4. The Bertz CT molecular complexity index is 1000. The second-order valence-corrected chi connectivity index (χ2v) is 8.83. The minimum atomic E-state index is -0.679. The first-order valence-electron chi connectivity index (χ1n) is 10.5. The molecule has 1 fully saturated rings. The number of thioether (sulfide) groups is 1. The summed E-state index contributed by atoms with van der Waals surface area (Å²) in [6.07, 6.45) is 3.66. The first kappa shape index (κ1) is 21.5. The molecule has 4 rings (SSSR count). The molecular formula is C23H26FN5OS. The molecule has 0 saturated carbocycles. The number of nitrogens with two attached hydrogens (primary N) is 1. The smallest absolute Gasteiger partial charge is 0.235 e. The summed E-state index contributed by atoms with van der Waals surface area (Å²) in [6.45, 7) is 3.44. The number of amides is 1. The van der Waals surface area contributed by atoms with E-state index in [1.807, 2.05) is 18.2 Å². The Morgan fingerprint density at radius 3 is 2.39 bits per heavy atom. The van der Waals surface area contributed by atoms with Crippen LogP contribution in [0.2, 0.25) is 0 Å². The summed E-state index contributed by atoms with van der Waals surface area (Å²) in [5, 5.41) is 8.83. The van der Waals surface area contributed by atoms with Crippen molar-refractivity contribution < 1.29 is 9.18 Å². The van der Waals surface area contributed by atoms with E-state index in [1.165, 1.54) is 43.2 Å². The molecule has 3 aromatic rings. The Morgan fingerprint density at radius 2 is 1.71 bits per heavy atom. The minimum Gasteiger partial charge on any atom is -0.368 e. The number of primary amides is 1. The first-order valence-corrected chi connectivity index (χ1v) is 11.4. The minimum absolute atomic E-state index is 0.354. The van der Waals surface area contributed by atoms with Crippen molar-refractivity contribution in [1.82, 2.24) is 19.7 Å². The highest BCUT2D eigenvalue weighted by atomic mass is 32.2. The fraction of sp³-hybridized carbons (Fsp3) is 0.348. The number of carbonyl (C=O) groups is 1. The van der Waals surface area contributed by atoms with Crippen molar-refractivity contribution in [2.75, 3.05) is 13.1 Å². The first-order chi connectivity index (χ1) is 15.1. The zero-order valence-electron chi connectivity index (χ0n) is 17.3. The van der Waals surface area contributed by atoms with Crippen molar-refractivity contribution >= 4 is 17.7 Å². The number of carbonyl (C=O) groups excluding carboxylic acids is 1. The van der Waals surface area contributed by atoms with Crippen LogP contribution in [0.4, 0.5) is 4.39 Å². The quantitative estimate of drug-likeness (QED) is 0.541. The van der Waals surface area contributed by atoms with Gasteiger partial charge >= 0.3 is 0 Å². The van der Waals surface area contributed by atoms with Crippen LogP contribution in [0.25, 0.3) is 0 Å². The number of piperidine rings is 1. The topological polar surface area (TPSA) is 77.0 Å². The second-order valence-electron chi connectivity index (χ2n) is 7.76. The highest BCUT2D eigenvalue weighted by molar-refractivity contribution is 8.00. The number of hydrogen-bond acceptors (Lipinski definition) is 5. The van der Waals surface area contributed by atoms with E-state index in [2.05, 4.69) is 31.8 Å². The van der Waals surface area contributed by atoms with E-state index >= 15 is 0 Å². The largest absolute Gasteiger partial charge is 0.368 e. The summed E-state index contributed by atoms with van der Waals surface area (Å²) in [7, 11) is 0. The monoisotopic (exact) mass is 439 g/mol. The van der Waals surface area contributed by atoms with Gasteiger partial charge in [-0.25, -0.2) is 4.39 Å². The molecule has 1 atom stereocenters. The number of aromatic nitrogens is 3. The zero-order chi connectivity index (χ0) is 21.6. The third-order valence-electron chi connectivity index (χ3n) is 5.45. The van der Waals surface area contributed by atoms with Gasteiger partial charge in [0.1, 0.15) is 16.9 Å². The summed E-state index contributed by atoms with van der Waals surface area (Å²) in [6, 6.07) is 16.0. The fourth-order valence-electron chi connectivity index (χ4n) is 3.80. The molecule has 162 valence electrons. The summed E-state index contributed by atoms with van der Waals surface area (Å²) >= 11 is 1.26. The summed E-state index contributed by atoms with van der Waals surface area (Å²) in [5.41, 5.74) is 7.46. The summed E-state index contributed by atoms with van der Waals surface area (Å²) in [4.78, 5) is 14.6. The molecule has 0 spiro atoms. The molecule has 1 aliphatic rings. The van der Waals surface area contributed by atoms with Crippen molar-refractivity contribution in [3.05, 3.63) is 77.4 Å². The molecule has 31 heavy (non-hydrogen) atoms. The maximum atomic E-state index is 13.4. The molecule has 1 saturated heterocycles. The van der Waals surface area contributed by atoms with Crippen molar-refractivity contribution in [1.29, 1.82) is 0 Å². The lowest BCUT2D eigenvalue weighted by Crippen LogP contribution is -2.30. The Labute approximate surface area is 185 Å². The third-order valence-corrected chi connectivity index (χ3v) is 6.70. The molecule has 2 heterocycles. The van der Waals surface area contributed by atoms with Gasteiger partial charge in [0.2, 0.25) is 5.91 Å². The Morgan fingerprint density at radius 1 is 1.00 bits per heavy atom. The predicted octanol–water partition coefficient (Wildman–Crippen LogP) is 3.77. The molecule has 0 radical (unpaired) electrons. The molecule has 8 heteroatoms. The second kappa shape index (κ2) is 10.1. The van der Waals surface area contributed by atoms with Crippen LogP contribution < -0.4 is 5.73 Å². The van der Waals surface area contributed by atoms with E-state index in [9.17, 15) is 9.18 Å². The number of halogens is 1. The van der Waals surface area contributed by atoms with Gasteiger partial charge in [0.15, 0.2) is 5.16 Å². The van der Waals surface area contributed by atoms with Crippen LogP contribution in [0.5, 0.6) is 0 Å². The Kier molecular flexibility index (Phi) is 6.99. The highest BCUT2D eigenvalue weighted by Gasteiger charge is 2.25. The van der Waals surface area contributed by atoms with Gasteiger partial charge < -0.3 is 10.3 Å². The molecule has 1 unspecified atom stereocenters. The van der Waals surface area contributed by atoms with Crippen molar-refractivity contribution in [2.24, 2.45) is 5.73 Å². The van der Waals surface area contributed by atoms with Crippen molar-refractivity contribution in [3.63, 3.8) is 0 Å². The molecule has 2 N–H and O–H groups in total. The van der Waals surface area contributed by atoms with E-state index in [4.69, 9.17) is 5.73 Å². The van der Waals surface area contributed by atoms with Crippen molar-refractivity contribution in [3.8, 4) is 0 Å². The average Bonchev–Trinajstić information content (AvgIpc) is 3.15. The van der Waals surface area contributed by atoms with E-state index in [1.54, 1.807) is 12.1 Å². The number of benzene rings is 2. The van der Waals surface area contributed by atoms with Crippen LogP contribution >= 0.6 is 11.8 Å². The van der Waals surface area contributed by atoms with E-state index in [0.717, 1.165) is 31.0 Å². The van der Waals surface area contributed by atoms with E-state index in [0.29, 0.717) is 17.3 Å².